The number of carbonyl (C=O) groups excluding carboxylic acids is 1. The van der Waals surface area contributed by atoms with Crippen molar-refractivity contribution in [2.24, 2.45) is 5.92 Å². The van der Waals surface area contributed by atoms with E-state index in [0.29, 0.717) is 12.3 Å². The topological polar surface area (TPSA) is 41.1 Å². The molecule has 0 aliphatic carbocycles. The average molecular weight is 200 g/mol. The number of hydrogen-bond acceptors (Lipinski definition) is 2. The molecule has 0 spiro atoms. The molecule has 1 amide bonds. The monoisotopic (exact) mass is 200 g/mol. The number of rotatable bonds is 7. The quantitative estimate of drug-likeness (QED) is 0.654. The summed E-state index contributed by atoms with van der Waals surface area (Å²) in [5.41, 5.74) is 0. The molecule has 0 radical (unpaired) electrons. The highest BCUT2D eigenvalue weighted by Gasteiger charge is 2.08. The summed E-state index contributed by atoms with van der Waals surface area (Å²) in [5, 5.41) is 6.16. The molecule has 0 saturated carbocycles. The maximum absolute atomic E-state index is 11.4. The Bertz CT molecular complexity index is 159. The van der Waals surface area contributed by atoms with E-state index in [4.69, 9.17) is 0 Å². The molecular weight excluding hydrogens is 176 g/mol. The van der Waals surface area contributed by atoms with Crippen LogP contribution in [-0.4, -0.2) is 25.0 Å². The van der Waals surface area contributed by atoms with E-state index < -0.39 is 0 Å². The molecule has 0 aliphatic heterocycles. The summed E-state index contributed by atoms with van der Waals surface area (Å²) in [4.78, 5) is 11.4. The lowest BCUT2D eigenvalue weighted by atomic mass is 10.1. The first-order valence-electron chi connectivity index (χ1n) is 5.60. The molecule has 2 unspecified atom stereocenters. The van der Waals surface area contributed by atoms with Crippen LogP contribution < -0.4 is 10.6 Å². The summed E-state index contributed by atoms with van der Waals surface area (Å²) in [6, 6.07) is 0.275. The van der Waals surface area contributed by atoms with Gasteiger partial charge in [-0.3, -0.25) is 4.79 Å². The second-order valence-corrected chi connectivity index (χ2v) is 3.98. The second-order valence-electron chi connectivity index (χ2n) is 3.98. The number of amides is 1. The van der Waals surface area contributed by atoms with Gasteiger partial charge in [0.05, 0.1) is 0 Å². The highest BCUT2D eigenvalue weighted by atomic mass is 16.1. The Morgan fingerprint density at radius 1 is 1.29 bits per heavy atom. The summed E-state index contributed by atoms with van der Waals surface area (Å²) in [5.74, 6) is 0.729. The Balaban J connectivity index is 3.54. The zero-order chi connectivity index (χ0) is 11.0. The molecule has 0 bridgehead atoms. The van der Waals surface area contributed by atoms with E-state index >= 15 is 0 Å². The van der Waals surface area contributed by atoms with Crippen molar-refractivity contribution in [3.63, 3.8) is 0 Å². The van der Waals surface area contributed by atoms with Crippen LogP contribution in [0.25, 0.3) is 0 Å². The van der Waals surface area contributed by atoms with Gasteiger partial charge in [0.15, 0.2) is 0 Å². The van der Waals surface area contributed by atoms with Crippen LogP contribution in [0.4, 0.5) is 0 Å². The lowest BCUT2D eigenvalue weighted by molar-refractivity contribution is -0.121. The Morgan fingerprint density at radius 3 is 2.43 bits per heavy atom. The normalized spacial score (nSPS) is 14.9. The van der Waals surface area contributed by atoms with Gasteiger partial charge in [0, 0.05) is 19.0 Å². The molecule has 14 heavy (non-hydrogen) atoms. The maximum atomic E-state index is 11.4. The fourth-order valence-corrected chi connectivity index (χ4v) is 1.20. The van der Waals surface area contributed by atoms with E-state index in [1.54, 1.807) is 0 Å². The third-order valence-electron chi connectivity index (χ3n) is 2.39. The van der Waals surface area contributed by atoms with Crippen LogP contribution in [0.5, 0.6) is 0 Å². The largest absolute Gasteiger partial charge is 0.356 e. The van der Waals surface area contributed by atoms with Crippen molar-refractivity contribution in [3.8, 4) is 0 Å². The molecule has 3 heteroatoms. The summed E-state index contributed by atoms with van der Waals surface area (Å²) in [7, 11) is 0. The standard InChI is InChI=1S/C11H24N2O/c1-5-9(3)8-13-11(14)7-10(4)12-6-2/h9-10,12H,5-8H2,1-4H3,(H,13,14). The maximum Gasteiger partial charge on any atom is 0.221 e. The van der Waals surface area contributed by atoms with E-state index in [1.807, 2.05) is 13.8 Å². The second kappa shape index (κ2) is 7.80. The van der Waals surface area contributed by atoms with E-state index in [0.717, 1.165) is 19.5 Å². The van der Waals surface area contributed by atoms with Gasteiger partial charge in [0.25, 0.3) is 0 Å². The van der Waals surface area contributed by atoms with Gasteiger partial charge in [-0.1, -0.05) is 27.2 Å². The van der Waals surface area contributed by atoms with Crippen molar-refractivity contribution in [1.29, 1.82) is 0 Å². The van der Waals surface area contributed by atoms with E-state index in [2.05, 4.69) is 24.5 Å². The van der Waals surface area contributed by atoms with Crippen LogP contribution in [-0.2, 0) is 4.79 Å². The minimum absolute atomic E-state index is 0.152. The number of nitrogens with one attached hydrogen (secondary N) is 2. The van der Waals surface area contributed by atoms with Crippen molar-refractivity contribution in [2.45, 2.75) is 46.6 Å². The number of carbonyl (C=O) groups is 1. The van der Waals surface area contributed by atoms with Gasteiger partial charge in [-0.2, -0.15) is 0 Å². The molecule has 0 rings (SSSR count). The van der Waals surface area contributed by atoms with Gasteiger partial charge in [0.1, 0.15) is 0 Å². The van der Waals surface area contributed by atoms with Gasteiger partial charge < -0.3 is 10.6 Å². The molecule has 0 aromatic carbocycles. The van der Waals surface area contributed by atoms with Crippen LogP contribution in [0.15, 0.2) is 0 Å². The van der Waals surface area contributed by atoms with Crippen LogP contribution in [0.2, 0.25) is 0 Å². The molecule has 0 aliphatic rings. The fourth-order valence-electron chi connectivity index (χ4n) is 1.20. The third-order valence-corrected chi connectivity index (χ3v) is 2.39. The predicted octanol–water partition coefficient (Wildman–Crippen LogP) is 1.54. The lowest BCUT2D eigenvalue weighted by Gasteiger charge is -2.14. The number of hydrogen-bond donors (Lipinski definition) is 2. The van der Waals surface area contributed by atoms with Crippen molar-refractivity contribution >= 4 is 5.91 Å². The Labute approximate surface area is 87.6 Å². The van der Waals surface area contributed by atoms with Crippen molar-refractivity contribution < 1.29 is 4.79 Å². The Kier molecular flexibility index (Phi) is 7.48. The molecule has 0 aromatic rings. The first-order valence-corrected chi connectivity index (χ1v) is 5.60. The summed E-state index contributed by atoms with van der Waals surface area (Å²) in [6.45, 7) is 10.1. The zero-order valence-electron chi connectivity index (χ0n) is 9.89. The molecule has 2 N–H and O–H groups in total. The summed E-state index contributed by atoms with van der Waals surface area (Å²) in [6.07, 6.45) is 1.69. The smallest absolute Gasteiger partial charge is 0.221 e. The average Bonchev–Trinajstić information content (AvgIpc) is 2.14. The van der Waals surface area contributed by atoms with Crippen LogP contribution >= 0.6 is 0 Å². The van der Waals surface area contributed by atoms with Crippen molar-refractivity contribution in [1.82, 2.24) is 10.6 Å². The SMILES string of the molecule is CCNC(C)CC(=O)NCC(C)CC. The van der Waals surface area contributed by atoms with Crippen molar-refractivity contribution in [3.05, 3.63) is 0 Å². The van der Waals surface area contributed by atoms with Gasteiger partial charge in [-0.15, -0.1) is 0 Å². The van der Waals surface area contributed by atoms with E-state index in [9.17, 15) is 4.79 Å². The van der Waals surface area contributed by atoms with Gasteiger partial charge in [-0.05, 0) is 19.4 Å². The first kappa shape index (κ1) is 13.4. The van der Waals surface area contributed by atoms with Gasteiger partial charge in [-0.25, -0.2) is 0 Å². The zero-order valence-corrected chi connectivity index (χ0v) is 9.89. The highest BCUT2D eigenvalue weighted by molar-refractivity contribution is 5.76. The first-order chi connectivity index (χ1) is 6.60. The molecule has 0 heterocycles. The highest BCUT2D eigenvalue weighted by Crippen LogP contribution is 1.98. The molecular formula is C11H24N2O. The third kappa shape index (κ3) is 6.89. The van der Waals surface area contributed by atoms with Crippen molar-refractivity contribution in [2.75, 3.05) is 13.1 Å². The summed E-state index contributed by atoms with van der Waals surface area (Å²) < 4.78 is 0. The van der Waals surface area contributed by atoms with E-state index in [1.165, 1.54) is 0 Å². The molecule has 2 atom stereocenters. The molecule has 0 saturated heterocycles. The van der Waals surface area contributed by atoms with Crippen LogP contribution in [0.3, 0.4) is 0 Å². The molecule has 0 aromatic heterocycles. The minimum atomic E-state index is 0.152. The molecule has 84 valence electrons. The fraction of sp³-hybridized carbons (Fsp3) is 0.909. The van der Waals surface area contributed by atoms with E-state index in [-0.39, 0.29) is 11.9 Å². The van der Waals surface area contributed by atoms with Crippen LogP contribution in [0, 0.1) is 5.92 Å². The van der Waals surface area contributed by atoms with Gasteiger partial charge in [0.2, 0.25) is 5.91 Å². The molecule has 0 fully saturated rings. The predicted molar refractivity (Wildman–Crippen MR) is 60.2 cm³/mol. The van der Waals surface area contributed by atoms with Crippen LogP contribution in [0.1, 0.15) is 40.5 Å². The summed E-state index contributed by atoms with van der Waals surface area (Å²) >= 11 is 0. The Hall–Kier alpha value is -0.570. The Morgan fingerprint density at radius 2 is 1.93 bits per heavy atom. The van der Waals surface area contributed by atoms with Gasteiger partial charge >= 0.3 is 0 Å². The lowest BCUT2D eigenvalue weighted by Crippen LogP contribution is -2.35. The minimum Gasteiger partial charge on any atom is -0.356 e. The molecule has 3 nitrogen and oxygen atoms in total.